The Balaban J connectivity index is 2.57. The maximum absolute atomic E-state index is 11.8. The van der Waals surface area contributed by atoms with Gasteiger partial charge in [-0.2, -0.15) is 0 Å². The van der Waals surface area contributed by atoms with Crippen molar-refractivity contribution in [2.75, 3.05) is 17.3 Å². The summed E-state index contributed by atoms with van der Waals surface area (Å²) in [4.78, 5) is 17.6. The molecule has 1 aromatic rings. The third-order valence-corrected chi connectivity index (χ3v) is 3.06. The van der Waals surface area contributed by atoms with Crippen LogP contribution < -0.4 is 10.2 Å². The van der Waals surface area contributed by atoms with Crippen LogP contribution in [0.2, 0.25) is 5.15 Å². The number of amides is 1. The minimum atomic E-state index is -0.572. The van der Waals surface area contributed by atoms with Crippen molar-refractivity contribution < 1.29 is 4.79 Å². The summed E-state index contributed by atoms with van der Waals surface area (Å²) in [5.74, 6) is -0.0402. The molecule has 0 bridgehead atoms. The molecular weight excluding hydrogens is 214 g/mol. The zero-order valence-electron chi connectivity index (χ0n) is 8.84. The van der Waals surface area contributed by atoms with Crippen LogP contribution >= 0.6 is 11.6 Å². The molecule has 2 rings (SSSR count). The molecule has 0 atom stereocenters. The first-order valence-corrected chi connectivity index (χ1v) is 5.01. The average Bonchev–Trinajstić information content (AvgIpc) is 2.17. The van der Waals surface area contributed by atoms with Crippen molar-refractivity contribution in [3.63, 3.8) is 0 Å². The van der Waals surface area contributed by atoms with Crippen LogP contribution in [0.1, 0.15) is 13.8 Å². The Bertz CT molecular complexity index is 431. The summed E-state index contributed by atoms with van der Waals surface area (Å²) < 4.78 is 0. The van der Waals surface area contributed by atoms with Crippen molar-refractivity contribution in [1.29, 1.82) is 0 Å². The monoisotopic (exact) mass is 225 g/mol. The summed E-state index contributed by atoms with van der Waals surface area (Å²) in [5, 5.41) is 3.23. The molecule has 1 aliphatic rings. The Labute approximate surface area is 93.2 Å². The maximum atomic E-state index is 11.8. The molecule has 0 aromatic carbocycles. The summed E-state index contributed by atoms with van der Waals surface area (Å²) in [7, 11) is 1.87. The van der Waals surface area contributed by atoms with E-state index >= 15 is 0 Å². The van der Waals surface area contributed by atoms with Gasteiger partial charge in [-0.3, -0.25) is 4.79 Å². The highest BCUT2D eigenvalue weighted by Crippen LogP contribution is 2.35. The smallest absolute Gasteiger partial charge is 0.249 e. The van der Waals surface area contributed by atoms with Gasteiger partial charge in [0.2, 0.25) is 5.91 Å². The maximum Gasteiger partial charge on any atom is 0.249 e. The first-order chi connectivity index (χ1) is 6.93. The first kappa shape index (κ1) is 10.2. The molecule has 2 heterocycles. The Morgan fingerprint density at radius 1 is 1.53 bits per heavy atom. The van der Waals surface area contributed by atoms with E-state index in [9.17, 15) is 4.79 Å². The minimum absolute atomic E-state index is 0.0402. The molecule has 0 radical (unpaired) electrons. The minimum Gasteiger partial charge on any atom is -0.359 e. The number of likely N-dealkylation sites (N-methyl/N-ethyl adjacent to an activating group) is 1. The SMILES string of the molecule is CN1c2cc(Cl)ncc2NC(=O)C1(C)C. The van der Waals surface area contributed by atoms with Crippen molar-refractivity contribution in [1.82, 2.24) is 4.98 Å². The zero-order chi connectivity index (χ0) is 11.2. The highest BCUT2D eigenvalue weighted by Gasteiger charge is 2.38. The van der Waals surface area contributed by atoms with E-state index in [1.807, 2.05) is 25.8 Å². The van der Waals surface area contributed by atoms with Gasteiger partial charge >= 0.3 is 0 Å². The van der Waals surface area contributed by atoms with Crippen LogP contribution in [-0.2, 0) is 4.79 Å². The van der Waals surface area contributed by atoms with Gasteiger partial charge in [0, 0.05) is 13.1 Å². The molecule has 1 aromatic heterocycles. The first-order valence-electron chi connectivity index (χ1n) is 4.64. The number of anilines is 2. The normalized spacial score (nSPS) is 18.4. The fourth-order valence-corrected chi connectivity index (χ4v) is 1.67. The van der Waals surface area contributed by atoms with E-state index in [1.54, 1.807) is 12.3 Å². The lowest BCUT2D eigenvalue weighted by Gasteiger charge is -2.40. The Kier molecular flexibility index (Phi) is 2.12. The summed E-state index contributed by atoms with van der Waals surface area (Å²) >= 11 is 5.82. The van der Waals surface area contributed by atoms with Gasteiger partial charge in [0.15, 0.2) is 0 Å². The number of carbonyl (C=O) groups is 1. The lowest BCUT2D eigenvalue weighted by Crippen LogP contribution is -2.54. The average molecular weight is 226 g/mol. The molecule has 1 N–H and O–H groups in total. The Morgan fingerprint density at radius 3 is 2.87 bits per heavy atom. The van der Waals surface area contributed by atoms with Crippen molar-refractivity contribution in [2.24, 2.45) is 0 Å². The third-order valence-electron chi connectivity index (χ3n) is 2.85. The predicted molar refractivity (Wildman–Crippen MR) is 60.4 cm³/mol. The van der Waals surface area contributed by atoms with Crippen molar-refractivity contribution in [2.45, 2.75) is 19.4 Å². The van der Waals surface area contributed by atoms with Crippen LogP contribution in [-0.4, -0.2) is 23.5 Å². The van der Waals surface area contributed by atoms with Gasteiger partial charge in [0.1, 0.15) is 10.7 Å². The molecule has 0 aliphatic carbocycles. The van der Waals surface area contributed by atoms with Gasteiger partial charge < -0.3 is 10.2 Å². The lowest BCUT2D eigenvalue weighted by molar-refractivity contribution is -0.120. The number of nitrogens with one attached hydrogen (secondary N) is 1. The second-order valence-electron chi connectivity index (χ2n) is 4.10. The fraction of sp³-hybridized carbons (Fsp3) is 0.400. The van der Waals surface area contributed by atoms with Gasteiger partial charge in [-0.05, 0) is 13.8 Å². The topological polar surface area (TPSA) is 45.2 Å². The molecule has 15 heavy (non-hydrogen) atoms. The quantitative estimate of drug-likeness (QED) is 0.686. The number of aromatic nitrogens is 1. The summed E-state index contributed by atoms with van der Waals surface area (Å²) in [6, 6.07) is 1.75. The molecule has 0 spiro atoms. The molecule has 5 heteroatoms. The molecule has 0 fully saturated rings. The molecule has 0 saturated carbocycles. The number of carbonyl (C=O) groups excluding carboxylic acids is 1. The number of nitrogens with zero attached hydrogens (tertiary/aromatic N) is 2. The van der Waals surface area contributed by atoms with Gasteiger partial charge in [-0.25, -0.2) is 4.98 Å². The van der Waals surface area contributed by atoms with Crippen molar-refractivity contribution >= 4 is 28.9 Å². The highest BCUT2D eigenvalue weighted by molar-refractivity contribution is 6.30. The van der Waals surface area contributed by atoms with Crippen LogP contribution in [0.3, 0.4) is 0 Å². The number of hydrogen-bond acceptors (Lipinski definition) is 3. The van der Waals surface area contributed by atoms with Crippen LogP contribution in [0, 0.1) is 0 Å². The lowest BCUT2D eigenvalue weighted by atomic mass is 9.98. The van der Waals surface area contributed by atoms with Crippen LogP contribution in [0.5, 0.6) is 0 Å². The van der Waals surface area contributed by atoms with Gasteiger partial charge in [0.25, 0.3) is 0 Å². The van der Waals surface area contributed by atoms with E-state index in [1.165, 1.54) is 0 Å². The van der Waals surface area contributed by atoms with Gasteiger partial charge in [-0.1, -0.05) is 11.6 Å². The molecule has 1 amide bonds. The van der Waals surface area contributed by atoms with Crippen molar-refractivity contribution in [3.05, 3.63) is 17.4 Å². The van der Waals surface area contributed by atoms with Gasteiger partial charge in [-0.15, -0.1) is 0 Å². The molecule has 80 valence electrons. The van der Waals surface area contributed by atoms with E-state index in [0.717, 1.165) is 5.69 Å². The second kappa shape index (κ2) is 3.10. The zero-order valence-corrected chi connectivity index (χ0v) is 9.59. The second-order valence-corrected chi connectivity index (χ2v) is 4.48. The third kappa shape index (κ3) is 1.45. The van der Waals surface area contributed by atoms with E-state index < -0.39 is 5.54 Å². The summed E-state index contributed by atoms with van der Waals surface area (Å²) in [6.07, 6.45) is 1.57. The highest BCUT2D eigenvalue weighted by atomic mass is 35.5. The van der Waals surface area contributed by atoms with Crippen LogP contribution in [0.25, 0.3) is 0 Å². The van der Waals surface area contributed by atoms with E-state index in [2.05, 4.69) is 10.3 Å². The summed E-state index contributed by atoms with van der Waals surface area (Å²) in [5.41, 5.74) is 1.02. The van der Waals surface area contributed by atoms with Crippen molar-refractivity contribution in [3.8, 4) is 0 Å². The van der Waals surface area contributed by atoms with E-state index in [0.29, 0.717) is 10.8 Å². The standard InChI is InChI=1S/C10H12ClN3O/c1-10(2)9(15)13-6-5-12-8(11)4-7(6)14(10)3/h4-5H,1-3H3,(H,13,15). The number of hydrogen-bond donors (Lipinski definition) is 1. The number of halogens is 1. The van der Waals surface area contributed by atoms with E-state index in [-0.39, 0.29) is 5.91 Å². The van der Waals surface area contributed by atoms with E-state index in [4.69, 9.17) is 11.6 Å². The molecule has 4 nitrogen and oxygen atoms in total. The molecule has 0 unspecified atom stereocenters. The largest absolute Gasteiger partial charge is 0.359 e. The van der Waals surface area contributed by atoms with Gasteiger partial charge in [0.05, 0.1) is 17.6 Å². The number of rotatable bonds is 0. The van der Waals surface area contributed by atoms with Crippen LogP contribution in [0.15, 0.2) is 12.3 Å². The molecule has 0 saturated heterocycles. The molecular formula is C10H12ClN3O. The number of fused-ring (bicyclic) bond motifs is 1. The Hall–Kier alpha value is -1.29. The predicted octanol–water partition coefficient (Wildman–Crippen LogP) is 1.90. The fourth-order valence-electron chi connectivity index (χ4n) is 1.52. The van der Waals surface area contributed by atoms with Crippen LogP contribution in [0.4, 0.5) is 11.4 Å². The summed E-state index contributed by atoms with van der Waals surface area (Å²) in [6.45, 7) is 3.72. The number of pyridine rings is 1. The Morgan fingerprint density at radius 2 is 2.20 bits per heavy atom. The molecule has 1 aliphatic heterocycles.